The van der Waals surface area contributed by atoms with Crippen LogP contribution in [-0.4, -0.2) is 98.7 Å². The highest BCUT2D eigenvalue weighted by Gasteiger charge is 2.49. The Labute approximate surface area is 312 Å². The second-order valence-corrected chi connectivity index (χ2v) is 15.0. The Morgan fingerprint density at radius 2 is 1.93 bits per heavy atom. The van der Waals surface area contributed by atoms with Crippen LogP contribution in [0.5, 0.6) is 6.01 Å². The zero-order valence-electron chi connectivity index (χ0n) is 31.0. The minimum atomic E-state index is -0.928. The Bertz CT molecular complexity index is 2280. The van der Waals surface area contributed by atoms with Crippen molar-refractivity contribution in [1.29, 1.82) is 0 Å². The molecule has 2 aromatic carbocycles. The Kier molecular flexibility index (Phi) is 9.45. The normalized spacial score (nSPS) is 20.3. The molecule has 3 aliphatic heterocycles. The average Bonchev–Trinajstić information content (AvgIpc) is 3.66. The van der Waals surface area contributed by atoms with Gasteiger partial charge in [0.05, 0.1) is 16.6 Å². The summed E-state index contributed by atoms with van der Waals surface area (Å²) in [6.45, 7) is 8.55. The molecule has 1 amide bonds. The van der Waals surface area contributed by atoms with Gasteiger partial charge in [-0.2, -0.15) is 9.97 Å². The van der Waals surface area contributed by atoms with Crippen LogP contribution in [0.4, 0.5) is 19.0 Å². The number of fused-ring (bicyclic) bond motifs is 3. The third-order valence-corrected chi connectivity index (χ3v) is 11.1. The van der Waals surface area contributed by atoms with E-state index in [1.165, 1.54) is 12.1 Å². The van der Waals surface area contributed by atoms with Gasteiger partial charge in [-0.1, -0.05) is 31.2 Å². The summed E-state index contributed by atoms with van der Waals surface area (Å²) in [5, 5.41) is 1.78. The molecule has 0 unspecified atom stereocenters. The maximum Gasteiger partial charge on any atom is 0.319 e. The average molecular weight is 737 g/mol. The van der Waals surface area contributed by atoms with Crippen molar-refractivity contribution in [2.45, 2.75) is 58.2 Å². The summed E-state index contributed by atoms with van der Waals surface area (Å²) in [5.41, 5.74) is 2.10. The lowest BCUT2D eigenvalue weighted by Gasteiger charge is -2.40. The Hall–Kier alpha value is -5.17. The number of nitrogens with zero attached hydrogens (tertiary/aromatic N) is 8. The summed E-state index contributed by atoms with van der Waals surface area (Å²) >= 11 is 0. The minimum Gasteiger partial charge on any atom is -0.461 e. The maximum absolute atomic E-state index is 16.9. The van der Waals surface area contributed by atoms with Crippen molar-refractivity contribution in [1.82, 2.24) is 34.7 Å². The van der Waals surface area contributed by atoms with Crippen molar-refractivity contribution in [3.8, 4) is 17.3 Å². The van der Waals surface area contributed by atoms with Crippen molar-refractivity contribution in [2.24, 2.45) is 5.92 Å². The van der Waals surface area contributed by atoms with Crippen molar-refractivity contribution >= 4 is 39.5 Å². The highest BCUT2D eigenvalue weighted by molar-refractivity contribution is 6.01. The van der Waals surface area contributed by atoms with Gasteiger partial charge in [0.25, 0.3) is 0 Å². The minimum absolute atomic E-state index is 0.00658. The van der Waals surface area contributed by atoms with Crippen LogP contribution in [0.2, 0.25) is 0 Å². The van der Waals surface area contributed by atoms with Gasteiger partial charge in [-0.15, -0.1) is 0 Å². The van der Waals surface area contributed by atoms with Gasteiger partial charge in [-0.25, -0.2) is 23.1 Å². The smallest absolute Gasteiger partial charge is 0.319 e. The number of aryl methyl sites for hydroxylation is 3. The number of amides is 1. The summed E-state index contributed by atoms with van der Waals surface area (Å²) in [6.07, 6.45) is 6.42. The van der Waals surface area contributed by atoms with Crippen LogP contribution in [-0.2, 0) is 11.2 Å². The number of pyridine rings is 1. The molecule has 0 saturated carbocycles. The fourth-order valence-corrected chi connectivity index (χ4v) is 8.62. The Morgan fingerprint density at radius 1 is 1.09 bits per heavy atom. The number of carbonyl (C=O) groups excluding carboxylic acids is 1. The molecule has 280 valence electrons. The van der Waals surface area contributed by atoms with E-state index < -0.39 is 17.5 Å². The first kappa shape index (κ1) is 35.8. The molecule has 0 bridgehead atoms. The first-order chi connectivity index (χ1) is 26.0. The number of alkyl halides is 1. The van der Waals surface area contributed by atoms with Crippen molar-refractivity contribution in [3.63, 3.8) is 0 Å². The highest BCUT2D eigenvalue weighted by Crippen LogP contribution is 2.41. The van der Waals surface area contributed by atoms with Crippen molar-refractivity contribution in [2.75, 3.05) is 51.3 Å². The lowest BCUT2D eigenvalue weighted by molar-refractivity contribution is -0.131. The summed E-state index contributed by atoms with van der Waals surface area (Å²) < 4.78 is 52.8. The summed E-state index contributed by atoms with van der Waals surface area (Å²) in [4.78, 5) is 41.4. The molecule has 2 atom stereocenters. The molecule has 8 rings (SSSR count). The number of aromatic nitrogens is 5. The molecule has 0 aliphatic carbocycles. The summed E-state index contributed by atoms with van der Waals surface area (Å²) in [5.74, 6) is 0.0821. The number of hydrogen-bond donors (Lipinski definition) is 0. The largest absolute Gasteiger partial charge is 0.461 e. The van der Waals surface area contributed by atoms with Crippen LogP contribution in [0.1, 0.15) is 49.0 Å². The van der Waals surface area contributed by atoms with E-state index in [0.29, 0.717) is 78.3 Å². The molecule has 0 radical (unpaired) electrons. The number of ether oxygens (including phenoxy) is 1. The van der Waals surface area contributed by atoms with Gasteiger partial charge in [0.1, 0.15) is 41.4 Å². The van der Waals surface area contributed by atoms with Crippen LogP contribution in [0.3, 0.4) is 0 Å². The number of hydrogen-bond acceptors (Lipinski definition) is 9. The molecule has 3 aliphatic rings. The molecule has 54 heavy (non-hydrogen) atoms. The monoisotopic (exact) mass is 736 g/mol. The van der Waals surface area contributed by atoms with Gasteiger partial charge < -0.3 is 14.5 Å². The number of benzene rings is 2. The number of carbonyl (C=O) groups is 1. The molecular weight excluding hydrogens is 693 g/mol. The van der Waals surface area contributed by atoms with Gasteiger partial charge in [0.2, 0.25) is 5.91 Å². The standard InChI is InChI=1S/C41H43F3N8O2/c1-5-30-33(43)12-10-27-8-6-9-31(35(27)30)37-36(44)38-32(18-45-37)39(49-40(48-38)54-23-41-14-7-15-52(41)22-28(42)17-41)50(4)19-26-20-51(21-26)34(53)13-11-29-16-24(2)46-25(3)47-29/h6,8-13,16,18,26,28H,5,7,14-15,17,19-23H2,1-4H3/b13-11+/t28-,41+/m1/s1. The van der Waals surface area contributed by atoms with E-state index in [9.17, 15) is 9.18 Å². The zero-order valence-corrected chi connectivity index (χ0v) is 31.0. The van der Waals surface area contributed by atoms with E-state index >= 15 is 8.78 Å². The quantitative estimate of drug-likeness (QED) is 0.146. The molecule has 5 aromatic rings. The first-order valence-corrected chi connectivity index (χ1v) is 18.6. The predicted octanol–water partition coefficient (Wildman–Crippen LogP) is 6.66. The number of rotatable bonds is 10. The van der Waals surface area contributed by atoms with Gasteiger partial charge in [0, 0.05) is 69.1 Å². The van der Waals surface area contributed by atoms with E-state index in [2.05, 4.69) is 24.8 Å². The molecule has 10 nitrogen and oxygen atoms in total. The summed E-state index contributed by atoms with van der Waals surface area (Å²) in [7, 11) is 1.87. The van der Waals surface area contributed by atoms with Gasteiger partial charge in [0.15, 0.2) is 5.82 Å². The topological polar surface area (TPSA) is 100 Å². The predicted molar refractivity (Wildman–Crippen MR) is 202 cm³/mol. The van der Waals surface area contributed by atoms with Gasteiger partial charge in [-0.05, 0) is 74.2 Å². The Balaban J connectivity index is 1.09. The molecule has 13 heteroatoms. The maximum atomic E-state index is 16.9. The number of likely N-dealkylation sites (tertiary alicyclic amines) is 1. The Morgan fingerprint density at radius 3 is 2.72 bits per heavy atom. The molecule has 0 N–H and O–H groups in total. The van der Waals surface area contributed by atoms with E-state index in [1.807, 2.05) is 44.9 Å². The molecular formula is C41H43F3N8O2. The third kappa shape index (κ3) is 6.63. The van der Waals surface area contributed by atoms with Gasteiger partial charge >= 0.3 is 6.01 Å². The van der Waals surface area contributed by atoms with E-state index in [4.69, 9.17) is 9.72 Å². The molecule has 0 spiro atoms. The zero-order chi connectivity index (χ0) is 37.7. The van der Waals surface area contributed by atoms with E-state index in [-0.39, 0.29) is 41.5 Å². The van der Waals surface area contributed by atoms with Crippen LogP contribution in [0.25, 0.3) is 39.0 Å². The van der Waals surface area contributed by atoms with Crippen LogP contribution in [0, 0.1) is 31.4 Å². The third-order valence-electron chi connectivity index (χ3n) is 11.1. The number of anilines is 1. The number of halogens is 3. The fourth-order valence-electron chi connectivity index (χ4n) is 8.62. The van der Waals surface area contributed by atoms with Gasteiger partial charge in [-0.3, -0.25) is 14.7 Å². The van der Waals surface area contributed by atoms with E-state index in [1.54, 1.807) is 35.4 Å². The van der Waals surface area contributed by atoms with E-state index in [0.717, 1.165) is 30.5 Å². The lowest BCUT2D eigenvalue weighted by Crippen LogP contribution is -2.53. The van der Waals surface area contributed by atoms with Crippen molar-refractivity contribution in [3.05, 3.63) is 83.1 Å². The van der Waals surface area contributed by atoms with Crippen LogP contribution < -0.4 is 9.64 Å². The van der Waals surface area contributed by atoms with Crippen LogP contribution in [0.15, 0.2) is 48.7 Å². The second-order valence-electron chi connectivity index (χ2n) is 15.0. The van der Waals surface area contributed by atoms with Crippen LogP contribution >= 0.6 is 0 Å². The molecule has 3 aromatic heterocycles. The SMILES string of the molecule is CCc1c(F)ccc2cccc(-c3ncc4c(N(C)CC5CN(C(=O)/C=C/c6cc(C)nc(C)n6)C5)nc(OC[C@@]56CCCN5C[C@H](F)C6)nc4c3F)c12. The molecule has 3 saturated heterocycles. The molecule has 6 heterocycles. The lowest BCUT2D eigenvalue weighted by atomic mass is 9.95. The first-order valence-electron chi connectivity index (χ1n) is 18.6. The van der Waals surface area contributed by atoms with Crippen molar-refractivity contribution < 1.29 is 22.7 Å². The fraction of sp³-hybridized carbons (Fsp3) is 0.415. The highest BCUT2D eigenvalue weighted by atomic mass is 19.1. The second kappa shape index (κ2) is 14.2. The molecule has 3 fully saturated rings. The summed E-state index contributed by atoms with van der Waals surface area (Å²) in [6, 6.07) is 10.4.